The second-order valence-corrected chi connectivity index (χ2v) is 7.03. The fourth-order valence-electron chi connectivity index (χ4n) is 2.79. The maximum absolute atomic E-state index is 13.0. The van der Waals surface area contributed by atoms with Crippen LogP contribution in [-0.4, -0.2) is 16.5 Å². The fraction of sp³-hybridized carbons (Fsp3) is 0.0435. The molecule has 28 heavy (non-hydrogen) atoms. The lowest BCUT2D eigenvalue weighted by molar-refractivity contribution is 0.102. The van der Waals surface area contributed by atoms with Crippen molar-refractivity contribution in [2.75, 3.05) is 5.75 Å². The first kappa shape index (κ1) is 18.2. The number of thioether (sulfide) groups is 1. The van der Waals surface area contributed by atoms with Crippen LogP contribution in [0.5, 0.6) is 0 Å². The smallest absolute Gasteiger partial charge is 0.257 e. The van der Waals surface area contributed by atoms with Crippen LogP contribution in [0.1, 0.15) is 10.4 Å². The van der Waals surface area contributed by atoms with Gasteiger partial charge in [-0.3, -0.25) is 4.79 Å². The van der Waals surface area contributed by atoms with Gasteiger partial charge in [0.05, 0.1) is 5.75 Å². The number of benzene rings is 3. The van der Waals surface area contributed by atoms with Gasteiger partial charge in [-0.1, -0.05) is 72.4 Å². The van der Waals surface area contributed by atoms with Gasteiger partial charge in [0.25, 0.3) is 5.22 Å². The van der Waals surface area contributed by atoms with E-state index < -0.39 is 0 Å². The van der Waals surface area contributed by atoms with Crippen LogP contribution in [0.3, 0.4) is 0 Å². The Balaban J connectivity index is 1.60. The zero-order valence-electron chi connectivity index (χ0n) is 14.8. The number of rotatable bonds is 6. The lowest BCUT2D eigenvalue weighted by atomic mass is 10.1. The quantitative estimate of drug-likeness (QED) is 0.294. The molecule has 0 radical (unpaired) electrons. The monoisotopic (exact) mass is 389 g/mol. The summed E-state index contributed by atoms with van der Waals surface area (Å²) in [5, 5.41) is 0.424. The topological polar surface area (TPSA) is 43.1 Å². The van der Waals surface area contributed by atoms with Gasteiger partial charge in [0.2, 0.25) is 0 Å². The van der Waals surface area contributed by atoms with Gasteiger partial charge in [0.1, 0.15) is 11.5 Å². The Bertz CT molecular complexity index is 1020. The second-order valence-electron chi connectivity index (χ2n) is 6.11. The van der Waals surface area contributed by atoms with Crippen LogP contribution in [0.15, 0.2) is 94.6 Å². The highest BCUT2D eigenvalue weighted by Gasteiger charge is 2.18. The number of ketones is 1. The number of carbonyl (C=O) groups is 1. The molecule has 0 fully saturated rings. The summed E-state index contributed by atoms with van der Waals surface area (Å²) < 4.78 is 19.0. The normalized spacial score (nSPS) is 10.8. The van der Waals surface area contributed by atoms with Crippen LogP contribution in [0.2, 0.25) is 0 Å². The minimum absolute atomic E-state index is 0.106. The van der Waals surface area contributed by atoms with Gasteiger partial charge in [-0.05, 0) is 24.3 Å². The molecule has 5 heteroatoms. The summed E-state index contributed by atoms with van der Waals surface area (Å²) >= 11 is 1.23. The van der Waals surface area contributed by atoms with Gasteiger partial charge in [0, 0.05) is 16.7 Å². The van der Waals surface area contributed by atoms with Crippen molar-refractivity contribution < 1.29 is 13.6 Å². The van der Waals surface area contributed by atoms with Crippen LogP contribution >= 0.6 is 11.8 Å². The Morgan fingerprint density at radius 1 is 0.857 bits per heavy atom. The van der Waals surface area contributed by atoms with Crippen molar-refractivity contribution in [2.45, 2.75) is 5.22 Å². The van der Waals surface area contributed by atoms with Crippen LogP contribution in [-0.2, 0) is 0 Å². The van der Waals surface area contributed by atoms with Crippen molar-refractivity contribution in [1.29, 1.82) is 0 Å². The standard InChI is InChI=1S/C23H16FNO2S/c24-19-13-11-16(12-14-19)20(26)15-28-23-25-21(17-7-3-1-4-8-17)22(27-23)18-9-5-2-6-10-18/h1-14H,15H2. The third-order valence-corrected chi connectivity index (χ3v) is 5.01. The average Bonchev–Trinajstić information content (AvgIpc) is 3.18. The third-order valence-electron chi connectivity index (χ3n) is 4.18. The number of Topliss-reactive ketones (excluding diaryl/α,β-unsaturated/α-hetero) is 1. The summed E-state index contributed by atoms with van der Waals surface area (Å²) in [5.74, 6) is 0.361. The SMILES string of the molecule is O=C(CSc1nc(-c2ccccc2)c(-c2ccccc2)o1)c1ccc(F)cc1. The van der Waals surface area contributed by atoms with Gasteiger partial charge in [-0.2, -0.15) is 0 Å². The van der Waals surface area contributed by atoms with E-state index in [1.165, 1.54) is 36.0 Å². The van der Waals surface area contributed by atoms with Gasteiger partial charge in [0.15, 0.2) is 11.5 Å². The molecule has 0 unspecified atom stereocenters. The molecule has 0 aliphatic rings. The maximum atomic E-state index is 13.0. The minimum atomic E-state index is -0.364. The van der Waals surface area contributed by atoms with E-state index in [4.69, 9.17) is 4.42 Å². The molecule has 0 aliphatic heterocycles. The van der Waals surface area contributed by atoms with E-state index in [1.807, 2.05) is 60.7 Å². The highest BCUT2D eigenvalue weighted by atomic mass is 32.2. The van der Waals surface area contributed by atoms with Gasteiger partial charge in [-0.15, -0.1) is 0 Å². The van der Waals surface area contributed by atoms with Gasteiger partial charge in [-0.25, -0.2) is 9.37 Å². The number of nitrogens with zero attached hydrogens (tertiary/aromatic N) is 1. The zero-order valence-corrected chi connectivity index (χ0v) is 15.7. The van der Waals surface area contributed by atoms with Crippen molar-refractivity contribution in [2.24, 2.45) is 0 Å². The highest BCUT2D eigenvalue weighted by molar-refractivity contribution is 7.99. The Hall–Kier alpha value is -3.18. The predicted octanol–water partition coefficient (Wildman–Crippen LogP) is 6.12. The molecule has 138 valence electrons. The van der Waals surface area contributed by atoms with E-state index in [9.17, 15) is 9.18 Å². The van der Waals surface area contributed by atoms with E-state index in [0.29, 0.717) is 16.5 Å². The molecule has 0 saturated heterocycles. The summed E-state index contributed by atoms with van der Waals surface area (Å²) in [6.07, 6.45) is 0. The molecule has 3 nitrogen and oxygen atoms in total. The molecule has 0 amide bonds. The molecular weight excluding hydrogens is 373 g/mol. The predicted molar refractivity (Wildman–Crippen MR) is 109 cm³/mol. The molecule has 0 bridgehead atoms. The molecule has 1 aromatic heterocycles. The van der Waals surface area contributed by atoms with Crippen LogP contribution in [0.4, 0.5) is 4.39 Å². The third kappa shape index (κ3) is 4.05. The first-order valence-corrected chi connectivity index (χ1v) is 9.72. The Kier molecular flexibility index (Phi) is 5.35. The largest absolute Gasteiger partial charge is 0.431 e. The average molecular weight is 389 g/mol. The van der Waals surface area contributed by atoms with Crippen LogP contribution in [0, 0.1) is 5.82 Å². The Labute approximate surface area is 166 Å². The summed E-state index contributed by atoms with van der Waals surface area (Å²) in [5.41, 5.74) is 3.07. The summed E-state index contributed by atoms with van der Waals surface area (Å²) in [6.45, 7) is 0. The van der Waals surface area contributed by atoms with Crippen molar-refractivity contribution >= 4 is 17.5 Å². The van der Waals surface area contributed by atoms with Gasteiger partial charge >= 0.3 is 0 Å². The second kappa shape index (κ2) is 8.23. The van der Waals surface area contributed by atoms with E-state index >= 15 is 0 Å². The molecule has 0 saturated carbocycles. The van der Waals surface area contributed by atoms with E-state index in [2.05, 4.69) is 4.98 Å². The molecule has 4 aromatic rings. The molecule has 3 aromatic carbocycles. The highest BCUT2D eigenvalue weighted by Crippen LogP contribution is 2.35. The van der Waals surface area contributed by atoms with Crippen molar-refractivity contribution in [3.8, 4) is 22.6 Å². The van der Waals surface area contributed by atoms with Gasteiger partial charge < -0.3 is 4.42 Å². The number of halogens is 1. The first-order valence-electron chi connectivity index (χ1n) is 8.74. The fourth-order valence-corrected chi connectivity index (χ4v) is 3.50. The first-order chi connectivity index (χ1) is 13.7. The van der Waals surface area contributed by atoms with Crippen LogP contribution in [0.25, 0.3) is 22.6 Å². The zero-order chi connectivity index (χ0) is 19.3. The minimum Gasteiger partial charge on any atom is -0.431 e. The molecule has 0 atom stereocenters. The van der Waals surface area contributed by atoms with Crippen molar-refractivity contribution in [1.82, 2.24) is 4.98 Å². The summed E-state index contributed by atoms with van der Waals surface area (Å²) in [4.78, 5) is 17.0. The summed E-state index contributed by atoms with van der Waals surface area (Å²) in [7, 11) is 0. The number of aromatic nitrogens is 1. The molecule has 0 N–H and O–H groups in total. The van der Waals surface area contributed by atoms with Crippen molar-refractivity contribution in [3.05, 3.63) is 96.3 Å². The molecule has 0 aliphatic carbocycles. The molecule has 0 spiro atoms. The Morgan fingerprint density at radius 2 is 1.46 bits per heavy atom. The van der Waals surface area contributed by atoms with Crippen molar-refractivity contribution in [3.63, 3.8) is 0 Å². The number of oxazole rings is 1. The lowest BCUT2D eigenvalue weighted by Crippen LogP contribution is -2.02. The number of hydrogen-bond donors (Lipinski definition) is 0. The summed E-state index contributed by atoms with van der Waals surface area (Å²) in [6, 6.07) is 25.1. The number of hydrogen-bond acceptors (Lipinski definition) is 4. The molecule has 4 rings (SSSR count). The van der Waals surface area contributed by atoms with E-state index in [1.54, 1.807) is 0 Å². The van der Waals surface area contributed by atoms with E-state index in [-0.39, 0.29) is 17.4 Å². The molecule has 1 heterocycles. The lowest BCUT2D eigenvalue weighted by Gasteiger charge is -2.00. The Morgan fingerprint density at radius 3 is 2.11 bits per heavy atom. The maximum Gasteiger partial charge on any atom is 0.257 e. The molecular formula is C23H16FNO2S. The number of carbonyl (C=O) groups excluding carboxylic acids is 1. The van der Waals surface area contributed by atoms with Crippen LogP contribution < -0.4 is 0 Å². The van der Waals surface area contributed by atoms with E-state index in [0.717, 1.165) is 16.8 Å².